The molecule has 0 unspecified atom stereocenters. The lowest BCUT2D eigenvalue weighted by molar-refractivity contribution is -0.384. The number of hydrogen-bond acceptors (Lipinski definition) is 3. The number of aryl methyl sites for hydroxylation is 1. The van der Waals surface area contributed by atoms with E-state index in [9.17, 15) is 10.1 Å². The van der Waals surface area contributed by atoms with Crippen molar-refractivity contribution in [3.8, 4) is 0 Å². The largest absolute Gasteiger partial charge is 0.364 e. The van der Waals surface area contributed by atoms with Crippen LogP contribution < -0.4 is 4.90 Å². The minimum absolute atomic E-state index is 0.211. The molecule has 0 N–H and O–H groups in total. The Labute approximate surface area is 148 Å². The number of nitro benzene ring substituents is 1. The maximum absolute atomic E-state index is 11.2. The molecule has 2 aromatic rings. The molecule has 4 rings (SSSR count). The molecule has 1 saturated carbocycles. The zero-order chi connectivity index (χ0) is 17.4. The lowest BCUT2D eigenvalue weighted by Crippen LogP contribution is -2.46. The Morgan fingerprint density at radius 1 is 1.12 bits per heavy atom. The molecule has 4 heteroatoms. The highest BCUT2D eigenvalue weighted by molar-refractivity contribution is 5.61. The topological polar surface area (TPSA) is 46.4 Å². The number of benzene rings is 2. The Bertz CT molecular complexity index is 785. The standard InChI is InChI=1S/C21H24N2O2/c1-15-6-8-16(9-7-15)14-22-20-5-3-2-4-17(20)12-18-13-19(23(24)25)10-11-21(18)22/h6-11,13,17,20H,2-5,12,14H2,1H3/t17-,20-/m0/s1. The van der Waals surface area contributed by atoms with Gasteiger partial charge in [0, 0.05) is 30.4 Å². The van der Waals surface area contributed by atoms with Crippen molar-refractivity contribution in [2.24, 2.45) is 5.92 Å². The van der Waals surface area contributed by atoms with Gasteiger partial charge >= 0.3 is 0 Å². The van der Waals surface area contributed by atoms with Crippen LogP contribution in [0.2, 0.25) is 0 Å². The summed E-state index contributed by atoms with van der Waals surface area (Å²) in [7, 11) is 0. The monoisotopic (exact) mass is 336 g/mol. The molecule has 1 aliphatic carbocycles. The number of non-ortho nitro benzene ring substituents is 1. The number of rotatable bonds is 3. The minimum Gasteiger partial charge on any atom is -0.364 e. The van der Waals surface area contributed by atoms with Crippen molar-refractivity contribution in [3.05, 3.63) is 69.3 Å². The molecule has 1 aliphatic heterocycles. The summed E-state index contributed by atoms with van der Waals surface area (Å²) in [5, 5.41) is 11.2. The first-order valence-electron chi connectivity index (χ1n) is 9.21. The molecule has 2 atom stereocenters. The van der Waals surface area contributed by atoms with Crippen molar-refractivity contribution in [2.75, 3.05) is 4.90 Å². The highest BCUT2D eigenvalue weighted by Gasteiger charge is 2.36. The summed E-state index contributed by atoms with van der Waals surface area (Å²) in [6, 6.07) is 14.7. The van der Waals surface area contributed by atoms with Crippen LogP contribution in [0.4, 0.5) is 11.4 Å². The molecule has 0 aromatic heterocycles. The van der Waals surface area contributed by atoms with Gasteiger partial charge < -0.3 is 4.90 Å². The third kappa shape index (κ3) is 3.13. The number of fused-ring (bicyclic) bond motifs is 2. The van der Waals surface area contributed by atoms with Gasteiger partial charge in [0.2, 0.25) is 0 Å². The van der Waals surface area contributed by atoms with Crippen molar-refractivity contribution in [1.82, 2.24) is 0 Å². The van der Waals surface area contributed by atoms with Crippen LogP contribution in [0, 0.1) is 23.0 Å². The molecule has 1 heterocycles. The molecule has 0 radical (unpaired) electrons. The van der Waals surface area contributed by atoms with Crippen LogP contribution in [0.15, 0.2) is 42.5 Å². The molecule has 0 bridgehead atoms. The van der Waals surface area contributed by atoms with E-state index in [0.29, 0.717) is 12.0 Å². The maximum Gasteiger partial charge on any atom is 0.269 e. The fourth-order valence-corrected chi connectivity index (χ4v) is 4.52. The van der Waals surface area contributed by atoms with E-state index < -0.39 is 0 Å². The lowest BCUT2D eigenvalue weighted by Gasteiger charge is -2.46. The zero-order valence-corrected chi connectivity index (χ0v) is 14.6. The van der Waals surface area contributed by atoms with Crippen molar-refractivity contribution >= 4 is 11.4 Å². The van der Waals surface area contributed by atoms with Gasteiger partial charge in [-0.25, -0.2) is 0 Å². The van der Waals surface area contributed by atoms with Crippen LogP contribution in [-0.4, -0.2) is 11.0 Å². The van der Waals surface area contributed by atoms with Crippen molar-refractivity contribution in [1.29, 1.82) is 0 Å². The Balaban J connectivity index is 1.71. The van der Waals surface area contributed by atoms with Gasteiger partial charge in [0.1, 0.15) is 0 Å². The fourth-order valence-electron chi connectivity index (χ4n) is 4.52. The van der Waals surface area contributed by atoms with Crippen molar-refractivity contribution in [2.45, 2.75) is 51.6 Å². The molecule has 1 fully saturated rings. The first-order chi connectivity index (χ1) is 12.1. The second kappa shape index (κ2) is 6.51. The van der Waals surface area contributed by atoms with Crippen LogP contribution in [-0.2, 0) is 13.0 Å². The van der Waals surface area contributed by atoms with Crippen LogP contribution >= 0.6 is 0 Å². The molecular weight excluding hydrogens is 312 g/mol. The van der Waals surface area contributed by atoms with Crippen molar-refractivity contribution in [3.63, 3.8) is 0 Å². The van der Waals surface area contributed by atoms with Crippen LogP contribution in [0.1, 0.15) is 42.4 Å². The third-order valence-electron chi connectivity index (χ3n) is 5.81. The second-order valence-corrected chi connectivity index (χ2v) is 7.50. The predicted octanol–water partition coefficient (Wildman–Crippen LogP) is 5.02. The predicted molar refractivity (Wildman–Crippen MR) is 99.9 cm³/mol. The molecule has 2 aromatic carbocycles. The normalized spacial score (nSPS) is 22.2. The summed E-state index contributed by atoms with van der Waals surface area (Å²) in [5.41, 5.74) is 5.12. The molecule has 25 heavy (non-hydrogen) atoms. The second-order valence-electron chi connectivity index (χ2n) is 7.50. The minimum atomic E-state index is -0.280. The van der Waals surface area contributed by atoms with Crippen molar-refractivity contribution < 1.29 is 4.92 Å². The van der Waals surface area contributed by atoms with E-state index in [-0.39, 0.29) is 10.6 Å². The van der Waals surface area contributed by atoms with E-state index in [1.807, 2.05) is 6.07 Å². The number of hydrogen-bond donors (Lipinski definition) is 0. The van der Waals surface area contributed by atoms with E-state index in [4.69, 9.17) is 0 Å². The van der Waals surface area contributed by atoms with Crippen LogP contribution in [0.5, 0.6) is 0 Å². The van der Waals surface area contributed by atoms with E-state index in [1.54, 1.807) is 12.1 Å². The van der Waals surface area contributed by atoms with E-state index in [2.05, 4.69) is 36.1 Å². The van der Waals surface area contributed by atoms with Crippen LogP contribution in [0.25, 0.3) is 0 Å². The average molecular weight is 336 g/mol. The van der Waals surface area contributed by atoms with E-state index in [1.165, 1.54) is 42.5 Å². The van der Waals surface area contributed by atoms with E-state index >= 15 is 0 Å². The fraction of sp³-hybridized carbons (Fsp3) is 0.429. The van der Waals surface area contributed by atoms with E-state index in [0.717, 1.165) is 18.5 Å². The Morgan fingerprint density at radius 3 is 2.64 bits per heavy atom. The Morgan fingerprint density at radius 2 is 1.88 bits per heavy atom. The summed E-state index contributed by atoms with van der Waals surface area (Å²) in [5.74, 6) is 0.619. The average Bonchev–Trinajstić information content (AvgIpc) is 2.62. The number of nitrogens with zero attached hydrogens (tertiary/aromatic N) is 2. The van der Waals surface area contributed by atoms with Gasteiger partial charge in [0.15, 0.2) is 0 Å². The summed E-state index contributed by atoms with van der Waals surface area (Å²) in [6.45, 7) is 2.99. The number of nitro groups is 1. The molecular formula is C21H24N2O2. The highest BCUT2D eigenvalue weighted by atomic mass is 16.6. The van der Waals surface area contributed by atoms with Gasteiger partial charge in [-0.15, -0.1) is 0 Å². The van der Waals surface area contributed by atoms with Crippen LogP contribution in [0.3, 0.4) is 0 Å². The van der Waals surface area contributed by atoms with Gasteiger partial charge in [0.05, 0.1) is 4.92 Å². The van der Waals surface area contributed by atoms with Gasteiger partial charge in [-0.2, -0.15) is 0 Å². The Hall–Kier alpha value is -2.36. The molecule has 0 amide bonds. The molecule has 0 spiro atoms. The smallest absolute Gasteiger partial charge is 0.269 e. The van der Waals surface area contributed by atoms with Gasteiger partial charge in [-0.05, 0) is 49.3 Å². The first-order valence-corrected chi connectivity index (χ1v) is 9.21. The highest BCUT2D eigenvalue weighted by Crippen LogP contribution is 2.42. The molecule has 0 saturated heterocycles. The third-order valence-corrected chi connectivity index (χ3v) is 5.81. The van der Waals surface area contributed by atoms with Gasteiger partial charge in [-0.3, -0.25) is 10.1 Å². The maximum atomic E-state index is 11.2. The first kappa shape index (κ1) is 16.1. The summed E-state index contributed by atoms with van der Waals surface area (Å²) in [6.07, 6.45) is 6.01. The summed E-state index contributed by atoms with van der Waals surface area (Å²) < 4.78 is 0. The SMILES string of the molecule is Cc1ccc(CN2c3ccc([N+](=O)[O-])cc3C[C@@H]3CCCC[C@@H]32)cc1. The van der Waals surface area contributed by atoms with Gasteiger partial charge in [0.25, 0.3) is 5.69 Å². The molecule has 130 valence electrons. The van der Waals surface area contributed by atoms with Gasteiger partial charge in [-0.1, -0.05) is 42.7 Å². The zero-order valence-electron chi connectivity index (χ0n) is 14.6. The summed E-state index contributed by atoms with van der Waals surface area (Å²) in [4.78, 5) is 13.4. The number of anilines is 1. The molecule has 4 nitrogen and oxygen atoms in total. The Kier molecular flexibility index (Phi) is 4.20. The quantitative estimate of drug-likeness (QED) is 0.584. The summed E-state index contributed by atoms with van der Waals surface area (Å²) >= 11 is 0. The molecule has 2 aliphatic rings. The lowest BCUT2D eigenvalue weighted by atomic mass is 9.76.